The second-order valence-corrected chi connectivity index (χ2v) is 10.2. The number of aliphatic hydroxyl groups excluding tert-OH is 1. The number of ether oxygens (including phenoxy) is 1. The van der Waals surface area contributed by atoms with Gasteiger partial charge in [0.2, 0.25) is 11.8 Å². The second kappa shape index (κ2) is 14.1. The van der Waals surface area contributed by atoms with Gasteiger partial charge in [-0.1, -0.05) is 50.5 Å². The molecule has 0 aliphatic rings. The molecule has 0 fully saturated rings. The van der Waals surface area contributed by atoms with E-state index in [1.54, 1.807) is 20.8 Å². The lowest BCUT2D eigenvalue weighted by molar-refractivity contribution is -0.143. The number of rotatable bonds is 12. The molecule has 8 heteroatoms. The van der Waals surface area contributed by atoms with Gasteiger partial charge in [0.1, 0.15) is 17.7 Å². The molecule has 8 nitrogen and oxygen atoms in total. The molecule has 3 amide bonds. The molecule has 1 aromatic rings. The summed E-state index contributed by atoms with van der Waals surface area (Å²) >= 11 is 0. The Kier molecular flexibility index (Phi) is 12.2. The highest BCUT2D eigenvalue weighted by atomic mass is 16.6. The Bertz CT molecular complexity index is 850. The van der Waals surface area contributed by atoms with Crippen molar-refractivity contribution in [3.63, 3.8) is 0 Å². The van der Waals surface area contributed by atoms with E-state index in [1.807, 2.05) is 45.9 Å². The maximum Gasteiger partial charge on any atom is 0.408 e. The molecule has 0 bridgehead atoms. The van der Waals surface area contributed by atoms with Gasteiger partial charge >= 0.3 is 6.09 Å². The molecule has 0 saturated heterocycles. The summed E-state index contributed by atoms with van der Waals surface area (Å²) in [5, 5.41) is 15.5. The maximum atomic E-state index is 13.7. The molecule has 0 spiro atoms. The van der Waals surface area contributed by atoms with Crippen molar-refractivity contribution >= 4 is 17.9 Å². The Labute approximate surface area is 210 Å². The summed E-state index contributed by atoms with van der Waals surface area (Å²) in [4.78, 5) is 41.2. The lowest BCUT2D eigenvalue weighted by Gasteiger charge is -2.35. The van der Waals surface area contributed by atoms with Crippen molar-refractivity contribution in [1.29, 1.82) is 0 Å². The van der Waals surface area contributed by atoms with E-state index in [-0.39, 0.29) is 11.9 Å². The number of nitrogens with zero attached hydrogens (tertiary/aromatic N) is 1. The molecule has 0 heterocycles. The quantitative estimate of drug-likeness (QED) is 0.407. The van der Waals surface area contributed by atoms with Crippen LogP contribution >= 0.6 is 0 Å². The van der Waals surface area contributed by atoms with Crippen molar-refractivity contribution in [3.8, 4) is 0 Å². The van der Waals surface area contributed by atoms with Crippen LogP contribution in [0.15, 0.2) is 18.2 Å². The van der Waals surface area contributed by atoms with E-state index in [4.69, 9.17) is 4.74 Å². The SMILES string of the molecule is CCCCN(C(=O)C(CO)NC(=O)OC(C)(C)C)C(C(=O)NC(C)CCC)c1cc(C)ccc1C. The number of amides is 3. The zero-order chi connectivity index (χ0) is 26.8. The minimum Gasteiger partial charge on any atom is -0.444 e. The van der Waals surface area contributed by atoms with Crippen molar-refractivity contribution in [2.75, 3.05) is 13.2 Å². The normalized spacial score (nSPS) is 14.0. The molecule has 0 aliphatic heterocycles. The number of hydrogen-bond acceptors (Lipinski definition) is 5. The number of hydrogen-bond donors (Lipinski definition) is 3. The highest BCUT2D eigenvalue weighted by Gasteiger charge is 2.36. The third kappa shape index (κ3) is 9.88. The highest BCUT2D eigenvalue weighted by molar-refractivity contribution is 5.92. The van der Waals surface area contributed by atoms with Crippen LogP contribution in [-0.4, -0.2) is 58.8 Å². The summed E-state index contributed by atoms with van der Waals surface area (Å²) < 4.78 is 5.28. The molecule has 3 atom stereocenters. The topological polar surface area (TPSA) is 108 Å². The molecular formula is C27H45N3O5. The second-order valence-electron chi connectivity index (χ2n) is 10.2. The van der Waals surface area contributed by atoms with Crippen LogP contribution in [0.5, 0.6) is 0 Å². The molecule has 35 heavy (non-hydrogen) atoms. The maximum absolute atomic E-state index is 13.7. The van der Waals surface area contributed by atoms with Gasteiger partial charge in [0.05, 0.1) is 6.61 Å². The molecule has 198 valence electrons. The van der Waals surface area contributed by atoms with E-state index in [2.05, 4.69) is 17.6 Å². The molecule has 0 saturated carbocycles. The van der Waals surface area contributed by atoms with Crippen molar-refractivity contribution in [1.82, 2.24) is 15.5 Å². The van der Waals surface area contributed by atoms with E-state index in [0.29, 0.717) is 13.0 Å². The van der Waals surface area contributed by atoms with Gasteiger partial charge in [-0.25, -0.2) is 4.79 Å². The summed E-state index contributed by atoms with van der Waals surface area (Å²) in [6.45, 7) is 14.7. The summed E-state index contributed by atoms with van der Waals surface area (Å²) in [5.74, 6) is -0.811. The molecule has 1 aromatic carbocycles. The van der Waals surface area contributed by atoms with Gasteiger partial charge in [0.25, 0.3) is 0 Å². The average Bonchev–Trinajstić information content (AvgIpc) is 2.75. The van der Waals surface area contributed by atoms with Crippen LogP contribution in [0.2, 0.25) is 0 Å². The third-order valence-corrected chi connectivity index (χ3v) is 5.61. The van der Waals surface area contributed by atoms with E-state index >= 15 is 0 Å². The van der Waals surface area contributed by atoms with Gasteiger partial charge in [-0.2, -0.15) is 0 Å². The molecule has 3 unspecified atom stereocenters. The number of benzene rings is 1. The fourth-order valence-electron chi connectivity index (χ4n) is 3.86. The molecule has 3 N–H and O–H groups in total. The van der Waals surface area contributed by atoms with E-state index in [1.165, 1.54) is 4.90 Å². The van der Waals surface area contributed by atoms with Gasteiger partial charge in [0.15, 0.2) is 0 Å². The van der Waals surface area contributed by atoms with Crippen molar-refractivity contribution < 1.29 is 24.2 Å². The Hall–Kier alpha value is -2.61. The lowest BCUT2D eigenvalue weighted by Crippen LogP contribution is -2.55. The number of carbonyl (C=O) groups is 3. The molecule has 1 rings (SSSR count). The summed E-state index contributed by atoms with van der Waals surface area (Å²) in [6, 6.07) is 3.62. The number of aliphatic hydroxyl groups is 1. The fraction of sp³-hybridized carbons (Fsp3) is 0.667. The number of unbranched alkanes of at least 4 members (excludes halogenated alkanes) is 1. The Morgan fingerprint density at radius 2 is 1.74 bits per heavy atom. The smallest absolute Gasteiger partial charge is 0.408 e. The minimum atomic E-state index is -1.24. The largest absolute Gasteiger partial charge is 0.444 e. The van der Waals surface area contributed by atoms with Crippen LogP contribution < -0.4 is 10.6 Å². The fourth-order valence-corrected chi connectivity index (χ4v) is 3.86. The molecule has 0 radical (unpaired) electrons. The van der Waals surface area contributed by atoms with Crippen molar-refractivity contribution in [2.24, 2.45) is 0 Å². The predicted molar refractivity (Wildman–Crippen MR) is 138 cm³/mol. The number of alkyl carbamates (subject to hydrolysis) is 1. The van der Waals surface area contributed by atoms with E-state index < -0.39 is 36.3 Å². The first-order valence-electron chi connectivity index (χ1n) is 12.6. The predicted octanol–water partition coefficient (Wildman–Crippen LogP) is 4.16. The van der Waals surface area contributed by atoms with Gasteiger partial charge < -0.3 is 25.4 Å². The van der Waals surface area contributed by atoms with Crippen molar-refractivity contribution in [3.05, 3.63) is 34.9 Å². The first-order chi connectivity index (χ1) is 16.3. The molecule has 0 aliphatic carbocycles. The Morgan fingerprint density at radius 3 is 2.29 bits per heavy atom. The summed E-state index contributed by atoms with van der Waals surface area (Å²) in [6.07, 6.45) is 2.40. The summed E-state index contributed by atoms with van der Waals surface area (Å²) in [5.41, 5.74) is 1.82. The van der Waals surface area contributed by atoms with Gasteiger partial charge in [-0.15, -0.1) is 0 Å². The van der Waals surface area contributed by atoms with E-state index in [0.717, 1.165) is 36.0 Å². The van der Waals surface area contributed by atoms with Crippen LogP contribution in [0.25, 0.3) is 0 Å². The number of carbonyl (C=O) groups excluding carboxylic acids is 3. The van der Waals surface area contributed by atoms with E-state index in [9.17, 15) is 19.5 Å². The first-order valence-corrected chi connectivity index (χ1v) is 12.6. The Morgan fingerprint density at radius 1 is 1.09 bits per heavy atom. The number of nitrogens with one attached hydrogen (secondary N) is 2. The average molecular weight is 492 g/mol. The third-order valence-electron chi connectivity index (χ3n) is 5.61. The van der Waals surface area contributed by atoms with Gasteiger partial charge in [-0.05, 0) is 65.5 Å². The van der Waals surface area contributed by atoms with Crippen molar-refractivity contribution in [2.45, 2.75) is 105 Å². The minimum absolute atomic E-state index is 0.0585. The number of aryl methyl sites for hydroxylation is 2. The van der Waals surface area contributed by atoms with Crippen LogP contribution in [0.3, 0.4) is 0 Å². The van der Waals surface area contributed by atoms with Gasteiger partial charge in [-0.3, -0.25) is 9.59 Å². The zero-order valence-corrected chi connectivity index (χ0v) is 22.7. The Balaban J connectivity index is 3.45. The monoisotopic (exact) mass is 491 g/mol. The summed E-state index contributed by atoms with van der Waals surface area (Å²) in [7, 11) is 0. The zero-order valence-electron chi connectivity index (χ0n) is 22.7. The van der Waals surface area contributed by atoms with Crippen LogP contribution in [0.1, 0.15) is 90.0 Å². The van der Waals surface area contributed by atoms with Crippen LogP contribution in [0.4, 0.5) is 4.79 Å². The standard InChI is InChI=1S/C27H45N3O5/c1-9-11-15-30(25(33)22(17-31)29-26(34)35-27(6,7)8)23(24(32)28-20(5)12-10-2)21-16-18(3)13-14-19(21)4/h13-14,16,20,22-23,31H,9-12,15,17H2,1-8H3,(H,28,32)(H,29,34). The lowest BCUT2D eigenvalue weighted by atomic mass is 9.95. The van der Waals surface area contributed by atoms with Crippen LogP contribution in [0, 0.1) is 13.8 Å². The molecule has 0 aromatic heterocycles. The molecular weight excluding hydrogens is 446 g/mol. The van der Waals surface area contributed by atoms with Crippen LogP contribution in [-0.2, 0) is 14.3 Å². The first kappa shape index (κ1) is 30.4. The van der Waals surface area contributed by atoms with Gasteiger partial charge in [0, 0.05) is 12.6 Å². The highest BCUT2D eigenvalue weighted by Crippen LogP contribution is 2.27.